The van der Waals surface area contributed by atoms with Crippen LogP contribution in [0, 0.1) is 0 Å². The molecule has 7 N–H and O–H groups in total. The number of phenols is 1. The van der Waals surface area contributed by atoms with Crippen molar-refractivity contribution >= 4 is 18.1 Å². The number of nitrogens with two attached hydrogens (primary N) is 3. The van der Waals surface area contributed by atoms with Gasteiger partial charge in [-0.05, 0) is 69.3 Å². The highest BCUT2D eigenvalue weighted by molar-refractivity contribution is 6.00. The van der Waals surface area contributed by atoms with Gasteiger partial charge >= 0.3 is 0 Å². The van der Waals surface area contributed by atoms with Crippen LogP contribution in [0.3, 0.4) is 0 Å². The van der Waals surface area contributed by atoms with Gasteiger partial charge < -0.3 is 27.1 Å². The summed E-state index contributed by atoms with van der Waals surface area (Å²) in [6.07, 6.45) is 4.89. The third kappa shape index (κ3) is 8.72. The Morgan fingerprint density at radius 1 is 1.00 bits per heavy atom. The predicted molar refractivity (Wildman–Crippen MR) is 112 cm³/mol. The van der Waals surface area contributed by atoms with Crippen molar-refractivity contribution in [2.24, 2.45) is 17.2 Å². The van der Waals surface area contributed by atoms with E-state index in [-0.39, 0.29) is 18.6 Å². The van der Waals surface area contributed by atoms with E-state index in [9.17, 15) is 19.5 Å². The van der Waals surface area contributed by atoms with Crippen molar-refractivity contribution in [1.29, 1.82) is 0 Å². The number of aromatic hydroxyl groups is 1. The highest BCUT2D eigenvalue weighted by Gasteiger charge is 2.32. The molecule has 29 heavy (non-hydrogen) atoms. The van der Waals surface area contributed by atoms with E-state index >= 15 is 0 Å². The zero-order valence-corrected chi connectivity index (χ0v) is 17.0. The first-order chi connectivity index (χ1) is 13.9. The monoisotopic (exact) mass is 406 g/mol. The van der Waals surface area contributed by atoms with Crippen LogP contribution in [0.4, 0.5) is 0 Å². The van der Waals surface area contributed by atoms with Crippen LogP contribution in [0.1, 0.15) is 50.5 Å². The fourth-order valence-electron chi connectivity index (χ4n) is 3.10. The molecule has 8 heteroatoms. The summed E-state index contributed by atoms with van der Waals surface area (Å²) < 4.78 is 0. The fraction of sp³-hybridized carbons (Fsp3) is 0.571. The first kappa shape index (κ1) is 24.7. The molecule has 0 aromatic heterocycles. The number of hydrogen-bond acceptors (Lipinski definition) is 7. The molecule has 1 aromatic rings. The highest BCUT2D eigenvalue weighted by atomic mass is 16.3. The number of carbonyl (C=O) groups excluding carboxylic acids is 3. The molecule has 0 heterocycles. The number of rotatable bonds is 14. The van der Waals surface area contributed by atoms with Gasteiger partial charge in [0.05, 0.1) is 12.1 Å². The molecule has 0 fully saturated rings. The van der Waals surface area contributed by atoms with Gasteiger partial charge in [0.15, 0.2) is 0 Å². The zero-order chi connectivity index (χ0) is 21.6. The smallest absolute Gasteiger partial charge is 0.247 e. The maximum Gasteiger partial charge on any atom is 0.247 e. The van der Waals surface area contributed by atoms with E-state index in [1.807, 2.05) is 0 Å². The Balaban J connectivity index is 2.90. The molecular formula is C21H34N4O4. The summed E-state index contributed by atoms with van der Waals surface area (Å²) in [5.41, 5.74) is 17.8. The van der Waals surface area contributed by atoms with Gasteiger partial charge in [0.25, 0.3) is 0 Å². The number of amides is 2. The van der Waals surface area contributed by atoms with Crippen LogP contribution < -0.4 is 17.2 Å². The Hall–Kier alpha value is -2.29. The molecule has 0 aliphatic heterocycles. The van der Waals surface area contributed by atoms with Gasteiger partial charge in [-0.25, -0.2) is 0 Å². The Morgan fingerprint density at radius 2 is 1.62 bits per heavy atom. The molecule has 1 rings (SSSR count). The molecule has 0 unspecified atom stereocenters. The van der Waals surface area contributed by atoms with Crippen molar-refractivity contribution in [3.05, 3.63) is 29.8 Å². The van der Waals surface area contributed by atoms with Crippen LogP contribution in [0.5, 0.6) is 5.75 Å². The van der Waals surface area contributed by atoms with E-state index in [2.05, 4.69) is 0 Å². The van der Waals surface area contributed by atoms with Gasteiger partial charge in [0.1, 0.15) is 12.0 Å². The molecule has 0 aliphatic rings. The van der Waals surface area contributed by atoms with Gasteiger partial charge in [-0.15, -0.1) is 0 Å². The van der Waals surface area contributed by atoms with Crippen LogP contribution in [-0.2, 0) is 20.8 Å². The van der Waals surface area contributed by atoms with E-state index in [1.54, 1.807) is 12.1 Å². The standard InChI is InChI=1S/C21H34N4O4/c22-12-4-1-2-7-20(28)25(17(15-26)6-3-5-13-23)21(29)19(24)14-16-8-10-18(27)11-9-16/h8-11,15,17,19,27H,1-7,12-14,22-24H2/t17-,19-/m0/s1. The number of benzene rings is 1. The SMILES string of the molecule is NCCCCCC(=O)N(C(=O)[C@@H](N)Cc1ccc(O)cc1)[C@H](C=O)CCCCN. The van der Waals surface area contributed by atoms with E-state index in [0.717, 1.165) is 23.3 Å². The number of phenolic OH excluding ortho intramolecular Hbond substituents is 1. The van der Waals surface area contributed by atoms with Crippen molar-refractivity contribution in [2.75, 3.05) is 13.1 Å². The number of nitrogens with zero attached hydrogens (tertiary/aromatic N) is 1. The number of aldehydes is 1. The lowest BCUT2D eigenvalue weighted by molar-refractivity contribution is -0.150. The van der Waals surface area contributed by atoms with Crippen molar-refractivity contribution in [3.8, 4) is 5.75 Å². The quantitative estimate of drug-likeness (QED) is 0.264. The Bertz CT molecular complexity index is 636. The molecule has 2 atom stereocenters. The first-order valence-electron chi connectivity index (χ1n) is 10.2. The third-order valence-electron chi connectivity index (χ3n) is 4.75. The van der Waals surface area contributed by atoms with E-state index in [4.69, 9.17) is 17.2 Å². The Kier molecular flexibility index (Phi) is 11.8. The van der Waals surface area contributed by atoms with Crippen LogP contribution >= 0.6 is 0 Å². The first-order valence-corrected chi connectivity index (χ1v) is 10.2. The summed E-state index contributed by atoms with van der Waals surface area (Å²) in [4.78, 5) is 38.5. The summed E-state index contributed by atoms with van der Waals surface area (Å²) in [6, 6.07) is 4.54. The largest absolute Gasteiger partial charge is 0.508 e. The molecule has 0 radical (unpaired) electrons. The van der Waals surface area contributed by atoms with E-state index in [1.165, 1.54) is 12.1 Å². The maximum atomic E-state index is 13.0. The molecule has 1 aromatic carbocycles. The Morgan fingerprint density at radius 3 is 2.21 bits per heavy atom. The van der Waals surface area contributed by atoms with Crippen LogP contribution in [0.2, 0.25) is 0 Å². The van der Waals surface area contributed by atoms with Gasteiger partial charge in [-0.1, -0.05) is 18.6 Å². The van der Waals surface area contributed by atoms with Crippen LogP contribution in [-0.4, -0.2) is 53.3 Å². The van der Waals surface area contributed by atoms with Gasteiger partial charge in [0.2, 0.25) is 11.8 Å². The second-order valence-corrected chi connectivity index (χ2v) is 7.17. The summed E-state index contributed by atoms with van der Waals surface area (Å²) in [7, 11) is 0. The molecule has 2 amide bonds. The molecule has 0 bridgehead atoms. The van der Waals surface area contributed by atoms with Crippen molar-refractivity contribution in [1.82, 2.24) is 4.90 Å². The van der Waals surface area contributed by atoms with Crippen LogP contribution in [0.15, 0.2) is 24.3 Å². The minimum atomic E-state index is -0.968. The molecule has 8 nitrogen and oxygen atoms in total. The molecule has 162 valence electrons. The zero-order valence-electron chi connectivity index (χ0n) is 17.0. The fourth-order valence-corrected chi connectivity index (χ4v) is 3.10. The lowest BCUT2D eigenvalue weighted by atomic mass is 10.0. The average Bonchev–Trinajstić information content (AvgIpc) is 2.71. The number of unbranched alkanes of at least 4 members (excludes halogenated alkanes) is 3. The second kappa shape index (κ2) is 13.8. The Labute approximate surface area is 172 Å². The third-order valence-corrected chi connectivity index (χ3v) is 4.75. The van der Waals surface area contributed by atoms with Crippen molar-refractivity contribution in [2.45, 2.75) is 63.5 Å². The summed E-state index contributed by atoms with van der Waals surface area (Å²) >= 11 is 0. The van der Waals surface area contributed by atoms with E-state index < -0.39 is 23.9 Å². The molecule has 0 saturated heterocycles. The molecule has 0 aliphatic carbocycles. The van der Waals surface area contributed by atoms with Crippen LogP contribution in [0.25, 0.3) is 0 Å². The van der Waals surface area contributed by atoms with Gasteiger partial charge in [-0.3, -0.25) is 14.5 Å². The summed E-state index contributed by atoms with van der Waals surface area (Å²) in [6.45, 7) is 1.03. The maximum absolute atomic E-state index is 13.0. The lowest BCUT2D eigenvalue weighted by Crippen LogP contribution is -2.53. The second-order valence-electron chi connectivity index (χ2n) is 7.17. The number of hydrogen-bond donors (Lipinski definition) is 4. The topological polar surface area (TPSA) is 153 Å². The van der Waals surface area contributed by atoms with Gasteiger partial charge in [0, 0.05) is 6.42 Å². The average molecular weight is 407 g/mol. The van der Waals surface area contributed by atoms with Crippen molar-refractivity contribution < 1.29 is 19.5 Å². The molecular weight excluding hydrogens is 372 g/mol. The predicted octanol–water partition coefficient (Wildman–Crippen LogP) is 0.833. The molecule has 0 spiro atoms. The minimum Gasteiger partial charge on any atom is -0.508 e. The number of imide groups is 1. The lowest BCUT2D eigenvalue weighted by Gasteiger charge is -2.29. The van der Waals surface area contributed by atoms with Gasteiger partial charge in [-0.2, -0.15) is 0 Å². The minimum absolute atomic E-state index is 0.115. The van der Waals surface area contributed by atoms with E-state index in [0.29, 0.717) is 45.1 Å². The number of carbonyl (C=O) groups is 3. The molecule has 0 saturated carbocycles. The summed E-state index contributed by atoms with van der Waals surface area (Å²) in [5, 5.41) is 9.38. The van der Waals surface area contributed by atoms with Crippen molar-refractivity contribution in [3.63, 3.8) is 0 Å². The highest BCUT2D eigenvalue weighted by Crippen LogP contribution is 2.16. The summed E-state index contributed by atoms with van der Waals surface area (Å²) in [5.74, 6) is -0.839. The normalized spacial score (nSPS) is 12.9.